The number of thiazole rings is 1. The summed E-state index contributed by atoms with van der Waals surface area (Å²) in [4.78, 5) is 54.2. The van der Waals surface area contributed by atoms with Crippen LogP contribution in [0, 0.1) is 23.2 Å². The summed E-state index contributed by atoms with van der Waals surface area (Å²) in [6.45, 7) is 19.7. The maximum atomic E-state index is 14.2. The maximum Gasteiger partial charge on any atom is 0.324 e. The van der Waals surface area contributed by atoms with Gasteiger partial charge in [-0.1, -0.05) is 47.6 Å². The lowest BCUT2D eigenvalue weighted by Gasteiger charge is -2.38. The third kappa shape index (κ3) is 8.82. The van der Waals surface area contributed by atoms with Crippen molar-refractivity contribution in [1.29, 1.82) is 0 Å². The van der Waals surface area contributed by atoms with Gasteiger partial charge in [-0.15, -0.1) is 11.3 Å². The number of carbonyl (C=O) groups is 3. The molecule has 3 aliphatic heterocycles. The number of piperidine rings is 1. The number of hydrogen-bond acceptors (Lipinski definition) is 11. The van der Waals surface area contributed by atoms with E-state index >= 15 is 0 Å². The third-order valence-corrected chi connectivity index (χ3v) is 14.9. The van der Waals surface area contributed by atoms with E-state index in [1.807, 2.05) is 18.6 Å². The van der Waals surface area contributed by atoms with Gasteiger partial charge in [-0.05, 0) is 87.6 Å². The summed E-state index contributed by atoms with van der Waals surface area (Å²) in [6.07, 6.45) is 5.15. The lowest BCUT2D eigenvalue weighted by molar-refractivity contribution is -0.155. The van der Waals surface area contributed by atoms with Crippen molar-refractivity contribution in [3.05, 3.63) is 57.7 Å². The SMILES string of the molecule is CCn1c(-c2cc(C3(O)CCN(CCNC)CC3)cnc2C(C)C)c2c3cc(ccc31)-c1csc(n1)C[C@H](NC(=O)C1[C@@H](C)[C@H]1C)C(=O)N1CCC[C@H](N1)C(=O)OCC(C)(C)C2. The van der Waals surface area contributed by atoms with Crippen LogP contribution in [0.2, 0.25) is 0 Å². The number of pyridine rings is 1. The van der Waals surface area contributed by atoms with E-state index < -0.39 is 29.1 Å². The number of aryl methyl sites for hydroxylation is 1. The number of esters is 1. The molecular formula is C48H66N8O5S. The first kappa shape index (κ1) is 44.4. The maximum absolute atomic E-state index is 14.2. The number of hydrazine groups is 1. The van der Waals surface area contributed by atoms with Gasteiger partial charge in [-0.3, -0.25) is 24.4 Å². The molecule has 3 fully saturated rings. The van der Waals surface area contributed by atoms with Gasteiger partial charge in [0, 0.05) is 96.2 Å². The Morgan fingerprint density at radius 2 is 1.87 bits per heavy atom. The molecule has 14 heteroatoms. The van der Waals surface area contributed by atoms with E-state index in [0.717, 1.165) is 81.4 Å². The average Bonchev–Trinajstić information content (AvgIpc) is 3.52. The molecule has 2 saturated heterocycles. The molecule has 2 amide bonds. The van der Waals surface area contributed by atoms with E-state index in [0.29, 0.717) is 45.2 Å². The highest BCUT2D eigenvalue weighted by atomic mass is 32.1. The smallest absolute Gasteiger partial charge is 0.324 e. The van der Waals surface area contributed by atoms with E-state index in [1.54, 1.807) is 0 Å². The first-order chi connectivity index (χ1) is 29.6. The molecule has 1 aliphatic carbocycles. The molecule has 1 aromatic carbocycles. The summed E-state index contributed by atoms with van der Waals surface area (Å²) in [7, 11) is 1.97. The number of likely N-dealkylation sites (tertiary alicyclic amines) is 1. The summed E-state index contributed by atoms with van der Waals surface area (Å²) < 4.78 is 8.54. The van der Waals surface area contributed by atoms with Crippen molar-refractivity contribution >= 4 is 40.0 Å². The van der Waals surface area contributed by atoms with E-state index in [2.05, 4.69) is 98.3 Å². The zero-order chi connectivity index (χ0) is 44.1. The normalized spacial score (nSPS) is 25.5. The highest BCUT2D eigenvalue weighted by Gasteiger charge is 2.49. The molecule has 1 unspecified atom stereocenters. The number of likely N-dealkylation sites (N-methyl/N-ethyl adjacent to an activating group) is 1. The fourth-order valence-electron chi connectivity index (χ4n) is 10.0. The number of nitrogens with zero attached hydrogens (tertiary/aromatic N) is 5. The Hall–Kier alpha value is -4.21. The van der Waals surface area contributed by atoms with Crippen LogP contribution in [0.5, 0.6) is 0 Å². The van der Waals surface area contributed by atoms with Gasteiger partial charge in [0.25, 0.3) is 5.91 Å². The van der Waals surface area contributed by atoms with Crippen LogP contribution in [0.25, 0.3) is 33.4 Å². The molecule has 4 aliphatic rings. The van der Waals surface area contributed by atoms with Crippen LogP contribution in [-0.2, 0) is 44.1 Å². The number of benzene rings is 1. The van der Waals surface area contributed by atoms with Gasteiger partial charge < -0.3 is 29.9 Å². The second-order valence-electron chi connectivity index (χ2n) is 19.5. The molecule has 3 aromatic heterocycles. The number of amides is 2. The Labute approximate surface area is 370 Å². The molecule has 1 saturated carbocycles. The predicted molar refractivity (Wildman–Crippen MR) is 243 cm³/mol. The minimum Gasteiger partial charge on any atom is -0.464 e. The number of fused-ring (bicyclic) bond motifs is 6. The van der Waals surface area contributed by atoms with Crippen LogP contribution in [0.1, 0.15) is 102 Å². The van der Waals surface area contributed by atoms with Crippen molar-refractivity contribution in [2.75, 3.05) is 46.4 Å². The first-order valence-corrected chi connectivity index (χ1v) is 23.7. The van der Waals surface area contributed by atoms with E-state index in [9.17, 15) is 19.5 Å². The molecule has 334 valence electrons. The van der Waals surface area contributed by atoms with E-state index in [4.69, 9.17) is 14.7 Å². The summed E-state index contributed by atoms with van der Waals surface area (Å²) in [5.74, 6) is -0.293. The predicted octanol–water partition coefficient (Wildman–Crippen LogP) is 6.02. The van der Waals surface area contributed by atoms with Crippen molar-refractivity contribution in [2.24, 2.45) is 23.2 Å². The Kier molecular flexibility index (Phi) is 12.7. The quantitative estimate of drug-likeness (QED) is 0.147. The Bertz CT molecular complexity index is 2300. The minimum absolute atomic E-state index is 0.115. The number of rotatable bonds is 9. The van der Waals surface area contributed by atoms with Crippen LogP contribution in [-0.4, -0.2) is 106 Å². The number of carbonyl (C=O) groups excluding carboxylic acids is 3. The molecule has 6 heterocycles. The first-order valence-electron chi connectivity index (χ1n) is 22.9. The van der Waals surface area contributed by atoms with Gasteiger partial charge in [0.05, 0.1) is 34.3 Å². The molecule has 4 N–H and O–H groups in total. The average molecular weight is 867 g/mol. The number of aliphatic hydroxyl groups is 1. The molecule has 62 heavy (non-hydrogen) atoms. The van der Waals surface area contributed by atoms with Crippen molar-refractivity contribution in [3.8, 4) is 22.5 Å². The van der Waals surface area contributed by atoms with Gasteiger partial charge >= 0.3 is 5.97 Å². The third-order valence-electron chi connectivity index (χ3n) is 14.1. The summed E-state index contributed by atoms with van der Waals surface area (Å²) in [5, 5.41) is 24.0. The number of hydrogen-bond donors (Lipinski definition) is 4. The van der Waals surface area contributed by atoms with Gasteiger partial charge in [0.2, 0.25) is 5.91 Å². The van der Waals surface area contributed by atoms with Crippen molar-refractivity contribution in [3.63, 3.8) is 0 Å². The number of ether oxygens (including phenoxy) is 1. The van der Waals surface area contributed by atoms with Crippen LogP contribution in [0.3, 0.4) is 0 Å². The van der Waals surface area contributed by atoms with Crippen LogP contribution < -0.4 is 16.1 Å². The second-order valence-corrected chi connectivity index (χ2v) is 20.4. The van der Waals surface area contributed by atoms with Crippen LogP contribution in [0.15, 0.2) is 35.8 Å². The standard InChI is InChI=1S/C48H66N8O5S/c1-9-55-39-13-12-31-21-33(39)35(43(55)34-22-32(25-50-42(34)28(2)3)48(60)14-18-54(19-15-48)20-16-49-8)24-47(6,7)27-61-46(59)36-11-10-17-56(53-36)45(58)37(23-40-51-38(31)26-62-40)52-44(57)41-29(4)30(41)5/h12-13,21-22,25-26,28-30,36-37,41,49,53,60H,9-11,14-20,23-24,27H2,1-8H3,(H,52,57)/t29-,30+,36-,37-,41?/m0/s1. The molecule has 0 radical (unpaired) electrons. The van der Waals surface area contributed by atoms with Gasteiger partial charge in [-0.2, -0.15) is 0 Å². The van der Waals surface area contributed by atoms with Crippen molar-refractivity contribution in [2.45, 2.75) is 117 Å². The Balaban J connectivity index is 1.23. The zero-order valence-corrected chi connectivity index (χ0v) is 38.7. The lowest BCUT2D eigenvalue weighted by Crippen LogP contribution is -2.60. The molecular weight excluding hydrogens is 801 g/mol. The summed E-state index contributed by atoms with van der Waals surface area (Å²) in [5.41, 5.74) is 9.58. The van der Waals surface area contributed by atoms with Crippen LogP contribution >= 0.6 is 11.3 Å². The van der Waals surface area contributed by atoms with Gasteiger partial charge in [-0.25, -0.2) is 10.4 Å². The molecule has 5 atom stereocenters. The molecule has 6 bridgehead atoms. The molecule has 0 spiro atoms. The summed E-state index contributed by atoms with van der Waals surface area (Å²) >= 11 is 1.49. The Morgan fingerprint density at radius 1 is 1.11 bits per heavy atom. The topological polar surface area (TPSA) is 154 Å². The Morgan fingerprint density at radius 3 is 2.56 bits per heavy atom. The largest absolute Gasteiger partial charge is 0.464 e. The van der Waals surface area contributed by atoms with Crippen molar-refractivity contribution < 1.29 is 24.2 Å². The van der Waals surface area contributed by atoms with E-state index in [-0.39, 0.29) is 48.5 Å². The lowest BCUT2D eigenvalue weighted by atomic mass is 9.81. The fraction of sp³-hybridized carbons (Fsp3) is 0.604. The number of nitrogens with one attached hydrogen (secondary N) is 3. The monoisotopic (exact) mass is 866 g/mol. The highest BCUT2D eigenvalue weighted by molar-refractivity contribution is 7.10. The van der Waals surface area contributed by atoms with Gasteiger partial charge in [0.1, 0.15) is 12.1 Å². The molecule has 13 nitrogen and oxygen atoms in total. The van der Waals surface area contributed by atoms with E-state index in [1.165, 1.54) is 16.3 Å². The zero-order valence-electron chi connectivity index (χ0n) is 37.8. The molecule has 8 rings (SSSR count). The van der Waals surface area contributed by atoms with Gasteiger partial charge in [0.15, 0.2) is 0 Å². The van der Waals surface area contributed by atoms with Crippen molar-refractivity contribution in [1.82, 2.24) is 40.5 Å². The molecule has 4 aromatic rings. The second kappa shape index (κ2) is 17.8. The number of aromatic nitrogens is 3. The fourth-order valence-corrected chi connectivity index (χ4v) is 10.9. The number of cyclic esters (lactones) is 1. The van der Waals surface area contributed by atoms with Crippen LogP contribution in [0.4, 0.5) is 0 Å². The minimum atomic E-state index is -0.994. The highest BCUT2D eigenvalue weighted by Crippen LogP contribution is 2.46. The summed E-state index contributed by atoms with van der Waals surface area (Å²) in [6, 6.07) is 7.18.